The summed E-state index contributed by atoms with van der Waals surface area (Å²) in [4.78, 5) is 0. The molecule has 18 heavy (non-hydrogen) atoms. The molecule has 2 aromatic rings. The van der Waals surface area contributed by atoms with Crippen LogP contribution in [-0.2, 0) is 17.9 Å². The molecular formula is C13H14ClN3O. The Hall–Kier alpha value is -1.65. The van der Waals surface area contributed by atoms with E-state index in [2.05, 4.69) is 21.6 Å². The van der Waals surface area contributed by atoms with E-state index in [4.69, 9.17) is 16.3 Å². The lowest BCUT2D eigenvalue weighted by Crippen LogP contribution is -2.05. The van der Waals surface area contributed by atoms with Gasteiger partial charge in [-0.05, 0) is 23.3 Å². The van der Waals surface area contributed by atoms with E-state index < -0.39 is 0 Å². The number of benzene rings is 1. The van der Waals surface area contributed by atoms with Crippen molar-refractivity contribution in [2.45, 2.75) is 13.2 Å². The molecule has 1 aromatic carbocycles. The van der Waals surface area contributed by atoms with Gasteiger partial charge in [0.15, 0.2) is 5.15 Å². The summed E-state index contributed by atoms with van der Waals surface area (Å²) in [6.45, 7) is 1.28. The number of halogens is 1. The first-order valence-corrected chi connectivity index (χ1v) is 5.96. The molecule has 0 atom stereocenters. The maximum Gasteiger partial charge on any atom is 0.151 e. The lowest BCUT2D eigenvalue weighted by atomic mass is 10.1. The molecule has 0 aliphatic carbocycles. The summed E-state index contributed by atoms with van der Waals surface area (Å²) in [5.74, 6) is 0.701. The summed E-state index contributed by atoms with van der Waals surface area (Å²) in [6.07, 6.45) is 0. The first kappa shape index (κ1) is 12.8. The summed E-state index contributed by atoms with van der Waals surface area (Å²) in [5, 5.41) is 11.3. The van der Waals surface area contributed by atoms with Crippen LogP contribution in [0.25, 0.3) is 0 Å². The first-order valence-electron chi connectivity index (χ1n) is 5.58. The number of hydrogen-bond donors (Lipinski definition) is 1. The lowest BCUT2D eigenvalue weighted by Gasteiger charge is -2.10. The molecule has 0 fully saturated rings. The monoisotopic (exact) mass is 263 g/mol. The smallest absolute Gasteiger partial charge is 0.151 e. The number of ether oxygens (including phenoxy) is 1. The highest BCUT2D eigenvalue weighted by Crippen LogP contribution is 2.12. The molecule has 0 amide bonds. The van der Waals surface area contributed by atoms with Gasteiger partial charge in [-0.1, -0.05) is 35.9 Å². The highest BCUT2D eigenvalue weighted by molar-refractivity contribution is 6.29. The average Bonchev–Trinajstić information content (AvgIpc) is 2.40. The summed E-state index contributed by atoms with van der Waals surface area (Å²) in [6, 6.07) is 11.6. The molecule has 0 aliphatic rings. The molecule has 1 heterocycles. The number of aromatic nitrogens is 2. The molecule has 0 saturated heterocycles. The Kier molecular flexibility index (Phi) is 4.50. The van der Waals surface area contributed by atoms with Crippen molar-refractivity contribution < 1.29 is 4.74 Å². The van der Waals surface area contributed by atoms with Crippen LogP contribution < -0.4 is 5.32 Å². The predicted octanol–water partition coefficient (Wildman–Crippen LogP) is 2.89. The second kappa shape index (κ2) is 6.33. The van der Waals surface area contributed by atoms with E-state index in [9.17, 15) is 0 Å². The minimum Gasteiger partial charge on any atom is -0.380 e. The average molecular weight is 264 g/mol. The quantitative estimate of drug-likeness (QED) is 0.901. The van der Waals surface area contributed by atoms with Crippen molar-refractivity contribution in [2.75, 3.05) is 12.4 Å². The van der Waals surface area contributed by atoms with Crippen molar-refractivity contribution >= 4 is 17.4 Å². The molecule has 0 radical (unpaired) electrons. The molecule has 1 N–H and O–H groups in total. The van der Waals surface area contributed by atoms with Gasteiger partial charge in [-0.15, -0.1) is 10.2 Å². The maximum absolute atomic E-state index is 5.68. The van der Waals surface area contributed by atoms with Crippen LogP contribution in [0.15, 0.2) is 36.4 Å². The Morgan fingerprint density at radius 3 is 2.56 bits per heavy atom. The van der Waals surface area contributed by atoms with Gasteiger partial charge in [0.05, 0.1) is 6.61 Å². The Bertz CT molecular complexity index is 502. The molecule has 94 valence electrons. The van der Waals surface area contributed by atoms with Crippen LogP contribution in [0.2, 0.25) is 5.15 Å². The molecule has 0 bridgehead atoms. The molecule has 0 aliphatic heterocycles. The standard InChI is InChI=1S/C13H14ClN3O/c1-18-9-11-5-3-2-4-10(11)8-15-13-7-6-12(14)16-17-13/h2-7H,8-9H2,1H3,(H,15,17). The third-order valence-corrected chi connectivity index (χ3v) is 2.71. The minimum absolute atomic E-state index is 0.389. The minimum atomic E-state index is 0.389. The topological polar surface area (TPSA) is 47.0 Å². The van der Waals surface area contributed by atoms with E-state index in [1.807, 2.05) is 18.2 Å². The molecule has 2 rings (SSSR count). The van der Waals surface area contributed by atoms with E-state index in [0.29, 0.717) is 24.1 Å². The second-order valence-electron chi connectivity index (χ2n) is 3.80. The fraction of sp³-hybridized carbons (Fsp3) is 0.231. The van der Waals surface area contributed by atoms with Gasteiger partial charge in [-0.2, -0.15) is 0 Å². The molecule has 0 unspecified atom stereocenters. The fourth-order valence-electron chi connectivity index (χ4n) is 1.62. The fourth-order valence-corrected chi connectivity index (χ4v) is 1.72. The molecule has 0 saturated carbocycles. The van der Waals surface area contributed by atoms with Crippen LogP contribution >= 0.6 is 11.6 Å². The largest absolute Gasteiger partial charge is 0.380 e. The van der Waals surface area contributed by atoms with Gasteiger partial charge in [0.25, 0.3) is 0 Å². The zero-order chi connectivity index (χ0) is 12.8. The third-order valence-electron chi connectivity index (χ3n) is 2.51. The highest BCUT2D eigenvalue weighted by Gasteiger charge is 2.02. The molecule has 1 aromatic heterocycles. The van der Waals surface area contributed by atoms with Gasteiger partial charge in [0.1, 0.15) is 5.82 Å². The number of rotatable bonds is 5. The normalized spacial score (nSPS) is 10.3. The number of nitrogens with one attached hydrogen (secondary N) is 1. The summed E-state index contributed by atoms with van der Waals surface area (Å²) >= 11 is 5.68. The van der Waals surface area contributed by atoms with E-state index in [1.165, 1.54) is 5.56 Å². The van der Waals surface area contributed by atoms with E-state index >= 15 is 0 Å². The Morgan fingerprint density at radius 2 is 1.89 bits per heavy atom. The van der Waals surface area contributed by atoms with Gasteiger partial charge < -0.3 is 10.1 Å². The van der Waals surface area contributed by atoms with Crippen molar-refractivity contribution in [3.05, 3.63) is 52.7 Å². The molecule has 4 nitrogen and oxygen atoms in total. The van der Waals surface area contributed by atoms with E-state index in [1.54, 1.807) is 19.2 Å². The maximum atomic E-state index is 5.68. The van der Waals surface area contributed by atoms with Gasteiger partial charge >= 0.3 is 0 Å². The van der Waals surface area contributed by atoms with Gasteiger partial charge in [-0.25, -0.2) is 0 Å². The summed E-state index contributed by atoms with van der Waals surface area (Å²) in [5.41, 5.74) is 2.34. The second-order valence-corrected chi connectivity index (χ2v) is 4.18. The number of anilines is 1. The van der Waals surface area contributed by atoms with Crippen molar-refractivity contribution in [3.8, 4) is 0 Å². The van der Waals surface area contributed by atoms with Crippen molar-refractivity contribution in [3.63, 3.8) is 0 Å². The summed E-state index contributed by atoms with van der Waals surface area (Å²) < 4.78 is 5.16. The zero-order valence-electron chi connectivity index (χ0n) is 10.1. The number of nitrogens with zero attached hydrogens (tertiary/aromatic N) is 2. The van der Waals surface area contributed by atoms with E-state index in [0.717, 1.165) is 5.56 Å². The molecule has 0 spiro atoms. The Labute approximate surface area is 111 Å². The van der Waals surface area contributed by atoms with Crippen LogP contribution in [0.4, 0.5) is 5.82 Å². The van der Waals surface area contributed by atoms with Crippen molar-refractivity contribution in [2.24, 2.45) is 0 Å². The SMILES string of the molecule is COCc1ccccc1CNc1ccc(Cl)nn1. The van der Waals surface area contributed by atoms with Crippen LogP contribution in [0.5, 0.6) is 0 Å². The lowest BCUT2D eigenvalue weighted by molar-refractivity contribution is 0.184. The van der Waals surface area contributed by atoms with Crippen LogP contribution in [0.3, 0.4) is 0 Å². The highest BCUT2D eigenvalue weighted by atomic mass is 35.5. The van der Waals surface area contributed by atoms with Gasteiger partial charge in [0.2, 0.25) is 0 Å². The van der Waals surface area contributed by atoms with Crippen LogP contribution in [0.1, 0.15) is 11.1 Å². The molecular weight excluding hydrogens is 250 g/mol. The first-order chi connectivity index (χ1) is 8.79. The third kappa shape index (κ3) is 3.42. The van der Waals surface area contributed by atoms with Gasteiger partial charge in [-0.3, -0.25) is 0 Å². The van der Waals surface area contributed by atoms with Gasteiger partial charge in [0, 0.05) is 13.7 Å². The molecule has 5 heteroatoms. The van der Waals surface area contributed by atoms with Crippen LogP contribution in [-0.4, -0.2) is 17.3 Å². The zero-order valence-corrected chi connectivity index (χ0v) is 10.8. The Morgan fingerprint density at radius 1 is 1.11 bits per heavy atom. The Balaban J connectivity index is 2.03. The van der Waals surface area contributed by atoms with Crippen molar-refractivity contribution in [1.82, 2.24) is 10.2 Å². The van der Waals surface area contributed by atoms with Crippen LogP contribution in [0, 0.1) is 0 Å². The predicted molar refractivity (Wildman–Crippen MR) is 71.5 cm³/mol. The van der Waals surface area contributed by atoms with Crippen molar-refractivity contribution in [1.29, 1.82) is 0 Å². The number of hydrogen-bond acceptors (Lipinski definition) is 4. The van der Waals surface area contributed by atoms with E-state index in [-0.39, 0.29) is 0 Å². The summed E-state index contributed by atoms with van der Waals surface area (Å²) in [7, 11) is 1.69. The number of methoxy groups -OCH3 is 1.